The van der Waals surface area contributed by atoms with Crippen molar-refractivity contribution in [1.29, 1.82) is 0 Å². The van der Waals surface area contributed by atoms with Gasteiger partial charge in [0.2, 0.25) is 0 Å². The summed E-state index contributed by atoms with van der Waals surface area (Å²) >= 11 is 6.31. The second-order valence-corrected chi connectivity index (χ2v) is 5.80. The molecule has 0 bridgehead atoms. The molecule has 0 radical (unpaired) electrons. The SMILES string of the molecule is CCc1nn(C)c(CC(O)CCCc2ccccc2)c1Cl. The largest absolute Gasteiger partial charge is 0.393 e. The van der Waals surface area contributed by atoms with Crippen LogP contribution in [0.1, 0.15) is 36.7 Å². The van der Waals surface area contributed by atoms with E-state index in [4.69, 9.17) is 11.6 Å². The highest BCUT2D eigenvalue weighted by Gasteiger charge is 2.16. The van der Waals surface area contributed by atoms with Crippen molar-refractivity contribution in [2.75, 3.05) is 0 Å². The van der Waals surface area contributed by atoms with Crippen LogP contribution < -0.4 is 0 Å². The van der Waals surface area contributed by atoms with Crippen LogP contribution in [0.5, 0.6) is 0 Å². The first kappa shape index (κ1) is 16.1. The van der Waals surface area contributed by atoms with Crippen molar-refractivity contribution in [2.45, 2.75) is 45.1 Å². The van der Waals surface area contributed by atoms with Gasteiger partial charge in [0.15, 0.2) is 0 Å². The van der Waals surface area contributed by atoms with E-state index < -0.39 is 0 Å². The summed E-state index contributed by atoms with van der Waals surface area (Å²) < 4.78 is 1.79. The highest BCUT2D eigenvalue weighted by molar-refractivity contribution is 6.31. The van der Waals surface area contributed by atoms with Gasteiger partial charge in [-0.25, -0.2) is 0 Å². The molecule has 1 aromatic carbocycles. The summed E-state index contributed by atoms with van der Waals surface area (Å²) in [5.74, 6) is 0. The lowest BCUT2D eigenvalue weighted by atomic mass is 10.0. The molecule has 0 aliphatic carbocycles. The average Bonchev–Trinajstić information content (AvgIpc) is 2.76. The van der Waals surface area contributed by atoms with Crippen LogP contribution in [0.25, 0.3) is 0 Å². The maximum absolute atomic E-state index is 10.2. The van der Waals surface area contributed by atoms with Gasteiger partial charge in [-0.2, -0.15) is 5.10 Å². The molecule has 0 spiro atoms. The maximum Gasteiger partial charge on any atom is 0.0850 e. The van der Waals surface area contributed by atoms with Crippen molar-refractivity contribution in [1.82, 2.24) is 9.78 Å². The van der Waals surface area contributed by atoms with E-state index in [2.05, 4.69) is 17.2 Å². The minimum Gasteiger partial charge on any atom is -0.393 e. The van der Waals surface area contributed by atoms with Gasteiger partial charge < -0.3 is 5.11 Å². The van der Waals surface area contributed by atoms with E-state index >= 15 is 0 Å². The van der Waals surface area contributed by atoms with Crippen molar-refractivity contribution in [3.05, 3.63) is 52.3 Å². The summed E-state index contributed by atoms with van der Waals surface area (Å²) in [4.78, 5) is 0. The molecule has 0 amide bonds. The minimum atomic E-state index is -0.369. The van der Waals surface area contributed by atoms with Crippen molar-refractivity contribution < 1.29 is 5.11 Å². The Hall–Kier alpha value is -1.32. The molecule has 1 unspecified atom stereocenters. The molecular formula is C17H23ClN2O. The predicted molar refractivity (Wildman–Crippen MR) is 86.7 cm³/mol. The molecule has 0 saturated carbocycles. The molecular weight excluding hydrogens is 284 g/mol. The summed E-state index contributed by atoms with van der Waals surface area (Å²) in [5.41, 5.74) is 3.16. The third-order valence-corrected chi connectivity index (χ3v) is 4.21. The summed E-state index contributed by atoms with van der Waals surface area (Å²) in [5, 5.41) is 15.3. The zero-order valence-corrected chi connectivity index (χ0v) is 13.5. The molecule has 4 heteroatoms. The zero-order chi connectivity index (χ0) is 15.2. The molecule has 0 aliphatic rings. The number of aromatic nitrogens is 2. The number of hydrogen-bond donors (Lipinski definition) is 1. The molecule has 21 heavy (non-hydrogen) atoms. The second kappa shape index (κ2) is 7.62. The van der Waals surface area contributed by atoms with Crippen molar-refractivity contribution in [2.24, 2.45) is 7.05 Å². The van der Waals surface area contributed by atoms with Crippen LogP contribution >= 0.6 is 11.6 Å². The van der Waals surface area contributed by atoms with Crippen molar-refractivity contribution in [3.8, 4) is 0 Å². The van der Waals surface area contributed by atoms with E-state index in [-0.39, 0.29) is 6.10 Å². The quantitative estimate of drug-likeness (QED) is 0.849. The van der Waals surface area contributed by atoms with Gasteiger partial charge in [-0.05, 0) is 31.2 Å². The number of halogens is 1. The number of hydrogen-bond acceptors (Lipinski definition) is 2. The van der Waals surface area contributed by atoms with E-state index in [0.29, 0.717) is 11.4 Å². The lowest BCUT2D eigenvalue weighted by molar-refractivity contribution is 0.160. The third kappa shape index (κ3) is 4.32. The number of rotatable bonds is 7. The topological polar surface area (TPSA) is 38.0 Å². The highest BCUT2D eigenvalue weighted by atomic mass is 35.5. The van der Waals surface area contributed by atoms with Crippen molar-refractivity contribution in [3.63, 3.8) is 0 Å². The van der Waals surface area contributed by atoms with Crippen LogP contribution in [-0.4, -0.2) is 21.0 Å². The van der Waals surface area contributed by atoms with E-state index in [1.807, 2.05) is 32.2 Å². The Labute approximate surface area is 131 Å². The van der Waals surface area contributed by atoms with Gasteiger partial charge in [0, 0.05) is 13.5 Å². The first-order chi connectivity index (χ1) is 10.1. The first-order valence-electron chi connectivity index (χ1n) is 7.54. The second-order valence-electron chi connectivity index (χ2n) is 5.42. The predicted octanol–water partition coefficient (Wildman–Crippen LogP) is 3.56. The Morgan fingerprint density at radius 2 is 2.00 bits per heavy atom. The summed E-state index contributed by atoms with van der Waals surface area (Å²) in [6, 6.07) is 10.4. The molecule has 1 aromatic heterocycles. The van der Waals surface area contributed by atoms with Crippen LogP contribution in [0.3, 0.4) is 0 Å². The fraction of sp³-hybridized carbons (Fsp3) is 0.471. The highest BCUT2D eigenvalue weighted by Crippen LogP contribution is 2.23. The molecule has 2 rings (SSSR count). The summed E-state index contributed by atoms with van der Waals surface area (Å²) in [7, 11) is 1.89. The number of nitrogens with zero attached hydrogens (tertiary/aromatic N) is 2. The number of benzene rings is 1. The smallest absolute Gasteiger partial charge is 0.0850 e. The standard InChI is InChI=1S/C17H23ClN2O/c1-3-15-17(18)16(20(2)19-15)12-14(21)11-7-10-13-8-5-4-6-9-13/h4-6,8-9,14,21H,3,7,10-12H2,1-2H3. The van der Waals surface area contributed by atoms with E-state index in [0.717, 1.165) is 37.1 Å². The average molecular weight is 307 g/mol. The first-order valence-corrected chi connectivity index (χ1v) is 7.91. The lowest BCUT2D eigenvalue weighted by Crippen LogP contribution is -2.14. The Kier molecular flexibility index (Phi) is 5.83. The number of aryl methyl sites for hydroxylation is 3. The Bertz CT molecular complexity index is 566. The van der Waals surface area contributed by atoms with Gasteiger partial charge in [0.05, 0.1) is 22.5 Å². The summed E-state index contributed by atoms with van der Waals surface area (Å²) in [6.45, 7) is 2.04. The molecule has 0 fully saturated rings. The molecule has 114 valence electrons. The van der Waals surface area contributed by atoms with Crippen molar-refractivity contribution >= 4 is 11.6 Å². The monoisotopic (exact) mass is 306 g/mol. The van der Waals surface area contributed by atoms with Crippen LogP contribution in [0.15, 0.2) is 30.3 Å². The molecule has 3 nitrogen and oxygen atoms in total. The van der Waals surface area contributed by atoms with Gasteiger partial charge in [-0.15, -0.1) is 0 Å². The Morgan fingerprint density at radius 1 is 1.29 bits per heavy atom. The lowest BCUT2D eigenvalue weighted by Gasteiger charge is -2.11. The van der Waals surface area contributed by atoms with Gasteiger partial charge >= 0.3 is 0 Å². The molecule has 1 heterocycles. The van der Waals surface area contributed by atoms with Gasteiger partial charge in [-0.3, -0.25) is 4.68 Å². The fourth-order valence-electron chi connectivity index (χ4n) is 2.55. The van der Waals surface area contributed by atoms with Crippen LogP contribution in [0, 0.1) is 0 Å². The maximum atomic E-state index is 10.2. The van der Waals surface area contributed by atoms with Gasteiger partial charge in [-0.1, -0.05) is 48.9 Å². The van der Waals surface area contributed by atoms with Crippen LogP contribution in [-0.2, 0) is 26.3 Å². The number of aliphatic hydroxyl groups excluding tert-OH is 1. The zero-order valence-electron chi connectivity index (χ0n) is 12.7. The molecule has 2 aromatic rings. The molecule has 1 N–H and O–H groups in total. The molecule has 0 saturated heterocycles. The van der Waals surface area contributed by atoms with E-state index in [9.17, 15) is 5.11 Å². The summed E-state index contributed by atoms with van der Waals surface area (Å²) in [6.07, 6.45) is 3.76. The normalized spacial score (nSPS) is 12.6. The molecule has 1 atom stereocenters. The van der Waals surface area contributed by atoms with Crippen LogP contribution in [0.4, 0.5) is 0 Å². The van der Waals surface area contributed by atoms with E-state index in [1.54, 1.807) is 4.68 Å². The third-order valence-electron chi connectivity index (χ3n) is 3.78. The molecule has 0 aliphatic heterocycles. The minimum absolute atomic E-state index is 0.369. The van der Waals surface area contributed by atoms with Gasteiger partial charge in [0.1, 0.15) is 0 Å². The van der Waals surface area contributed by atoms with E-state index in [1.165, 1.54) is 5.56 Å². The Morgan fingerprint density at radius 3 is 2.62 bits per heavy atom. The van der Waals surface area contributed by atoms with Gasteiger partial charge in [0.25, 0.3) is 0 Å². The fourth-order valence-corrected chi connectivity index (χ4v) is 2.92. The number of aliphatic hydroxyl groups is 1. The Balaban J connectivity index is 1.85. The van der Waals surface area contributed by atoms with Crippen LogP contribution in [0.2, 0.25) is 5.02 Å².